The van der Waals surface area contributed by atoms with Gasteiger partial charge in [0.05, 0.1) is 6.26 Å². The van der Waals surface area contributed by atoms with Gasteiger partial charge in [0.25, 0.3) is 0 Å². The number of sulfonamides is 1. The smallest absolute Gasteiger partial charge is 0.211 e. The minimum absolute atomic E-state index is 0.382. The Bertz CT molecular complexity index is 625. The van der Waals surface area contributed by atoms with Gasteiger partial charge in [0.15, 0.2) is 0 Å². The molecular weight excluding hydrogens is 308 g/mol. The number of piperidine rings is 1. The number of nitrogens with one attached hydrogen (secondary N) is 1. The maximum atomic E-state index is 11.5. The predicted octanol–water partition coefficient (Wildman–Crippen LogP) is 2.34. The zero-order valence-electron chi connectivity index (χ0n) is 12.2. The van der Waals surface area contributed by atoms with Crippen LogP contribution >= 0.6 is 11.6 Å². The third-order valence-corrected chi connectivity index (χ3v) is 6.08. The number of hydrogen-bond acceptors (Lipinski definition) is 3. The lowest BCUT2D eigenvalue weighted by Gasteiger charge is -2.32. The van der Waals surface area contributed by atoms with Crippen LogP contribution in [0.5, 0.6) is 0 Å². The minimum Gasteiger partial charge on any atom is -0.307 e. The van der Waals surface area contributed by atoms with E-state index in [2.05, 4.69) is 17.4 Å². The molecule has 1 aromatic rings. The average Bonchev–Trinajstić information content (AvgIpc) is 2.80. The highest BCUT2D eigenvalue weighted by Gasteiger charge is 2.29. The number of rotatable bonds is 3. The van der Waals surface area contributed by atoms with E-state index in [0.717, 1.165) is 30.7 Å². The lowest BCUT2D eigenvalue weighted by Crippen LogP contribution is -2.45. The second-order valence-electron chi connectivity index (χ2n) is 6.04. The van der Waals surface area contributed by atoms with Gasteiger partial charge in [0.1, 0.15) is 0 Å². The molecule has 1 atom stereocenters. The molecule has 21 heavy (non-hydrogen) atoms. The van der Waals surface area contributed by atoms with Crippen molar-refractivity contribution >= 4 is 21.6 Å². The second-order valence-corrected chi connectivity index (χ2v) is 8.46. The van der Waals surface area contributed by atoms with Gasteiger partial charge in [-0.05, 0) is 48.9 Å². The largest absolute Gasteiger partial charge is 0.307 e. The molecule has 0 spiro atoms. The topological polar surface area (TPSA) is 49.4 Å². The first kappa shape index (κ1) is 15.3. The molecule has 1 aliphatic carbocycles. The Hall–Kier alpha value is -0.620. The summed E-state index contributed by atoms with van der Waals surface area (Å²) < 4.78 is 24.6. The predicted molar refractivity (Wildman–Crippen MR) is 85.1 cm³/mol. The van der Waals surface area contributed by atoms with E-state index < -0.39 is 10.0 Å². The summed E-state index contributed by atoms with van der Waals surface area (Å²) in [6.07, 6.45) is 5.22. The molecule has 4 nitrogen and oxygen atoms in total. The molecule has 1 aromatic carbocycles. The maximum absolute atomic E-state index is 11.5. The molecule has 1 N–H and O–H groups in total. The number of fused-ring (bicyclic) bond motifs is 1. The number of hydrogen-bond donors (Lipinski definition) is 1. The lowest BCUT2D eigenvalue weighted by molar-refractivity contribution is 0.274. The molecule has 2 aliphatic rings. The Labute approximate surface area is 131 Å². The first-order valence-electron chi connectivity index (χ1n) is 7.43. The average molecular weight is 329 g/mol. The van der Waals surface area contributed by atoms with Crippen LogP contribution in [0.15, 0.2) is 18.2 Å². The van der Waals surface area contributed by atoms with Gasteiger partial charge < -0.3 is 5.32 Å². The van der Waals surface area contributed by atoms with Crippen LogP contribution in [0.3, 0.4) is 0 Å². The summed E-state index contributed by atoms with van der Waals surface area (Å²) in [5.74, 6) is 0. The minimum atomic E-state index is -3.04. The molecule has 1 aliphatic heterocycles. The van der Waals surface area contributed by atoms with E-state index in [-0.39, 0.29) is 0 Å². The summed E-state index contributed by atoms with van der Waals surface area (Å²) in [5.41, 5.74) is 2.69. The molecule has 1 fully saturated rings. The number of nitrogens with zero attached hydrogens (tertiary/aromatic N) is 1. The lowest BCUT2D eigenvalue weighted by atomic mass is 10.0. The summed E-state index contributed by atoms with van der Waals surface area (Å²) in [5, 5.41) is 4.50. The fourth-order valence-electron chi connectivity index (χ4n) is 3.40. The molecule has 3 rings (SSSR count). The Morgan fingerprint density at radius 3 is 2.62 bits per heavy atom. The van der Waals surface area contributed by atoms with E-state index in [1.165, 1.54) is 17.4 Å². The quantitative estimate of drug-likeness (QED) is 0.926. The molecule has 0 radical (unpaired) electrons. The maximum Gasteiger partial charge on any atom is 0.211 e. The van der Waals surface area contributed by atoms with E-state index >= 15 is 0 Å². The Balaban J connectivity index is 1.60. The summed E-state index contributed by atoms with van der Waals surface area (Å²) in [7, 11) is -3.04. The Morgan fingerprint density at radius 1 is 1.24 bits per heavy atom. The van der Waals surface area contributed by atoms with Gasteiger partial charge in [-0.25, -0.2) is 12.7 Å². The molecule has 0 aromatic heterocycles. The van der Waals surface area contributed by atoms with Crippen molar-refractivity contribution in [3.05, 3.63) is 34.3 Å². The molecule has 0 amide bonds. The van der Waals surface area contributed by atoms with E-state index in [4.69, 9.17) is 11.6 Å². The highest BCUT2D eigenvalue weighted by atomic mass is 35.5. The van der Waals surface area contributed by atoms with E-state index in [1.54, 1.807) is 4.31 Å². The summed E-state index contributed by atoms with van der Waals surface area (Å²) in [6, 6.07) is 6.91. The molecule has 116 valence electrons. The van der Waals surface area contributed by atoms with Crippen LogP contribution in [-0.4, -0.2) is 38.1 Å². The number of halogens is 1. The van der Waals surface area contributed by atoms with Crippen LogP contribution in [0.1, 0.15) is 36.4 Å². The van der Waals surface area contributed by atoms with Crippen LogP contribution in [0, 0.1) is 0 Å². The SMILES string of the molecule is CS(=O)(=O)N1CCC(NC2CCc3cc(Cl)ccc32)CC1. The standard InChI is InChI=1S/C15H21ClN2O2S/c1-21(19,20)18-8-6-13(7-9-18)17-15-5-2-11-10-12(16)3-4-14(11)15/h3-4,10,13,15,17H,2,5-9H2,1H3. The van der Waals surface area contributed by atoms with Gasteiger partial charge in [-0.15, -0.1) is 0 Å². The van der Waals surface area contributed by atoms with Crippen molar-refractivity contribution in [2.24, 2.45) is 0 Å². The zero-order valence-corrected chi connectivity index (χ0v) is 13.8. The van der Waals surface area contributed by atoms with E-state index in [0.29, 0.717) is 25.2 Å². The third-order valence-electron chi connectivity index (χ3n) is 4.54. The van der Waals surface area contributed by atoms with Crippen LogP contribution in [0.2, 0.25) is 5.02 Å². The molecule has 1 saturated heterocycles. The van der Waals surface area contributed by atoms with Gasteiger partial charge in [-0.2, -0.15) is 0 Å². The molecule has 0 saturated carbocycles. The van der Waals surface area contributed by atoms with Crippen molar-refractivity contribution in [1.82, 2.24) is 9.62 Å². The van der Waals surface area contributed by atoms with Gasteiger partial charge in [-0.3, -0.25) is 0 Å². The summed E-state index contributed by atoms with van der Waals surface area (Å²) >= 11 is 6.04. The third kappa shape index (κ3) is 3.42. The van der Waals surface area contributed by atoms with Crippen LogP contribution in [0.4, 0.5) is 0 Å². The van der Waals surface area contributed by atoms with Crippen molar-refractivity contribution in [2.45, 2.75) is 37.8 Å². The van der Waals surface area contributed by atoms with E-state index in [1.807, 2.05) is 6.07 Å². The Morgan fingerprint density at radius 2 is 1.95 bits per heavy atom. The molecule has 6 heteroatoms. The van der Waals surface area contributed by atoms with E-state index in [9.17, 15) is 8.42 Å². The molecule has 0 bridgehead atoms. The van der Waals surface area contributed by atoms with Crippen molar-refractivity contribution < 1.29 is 8.42 Å². The van der Waals surface area contributed by atoms with Crippen molar-refractivity contribution in [1.29, 1.82) is 0 Å². The van der Waals surface area contributed by atoms with Crippen molar-refractivity contribution in [3.63, 3.8) is 0 Å². The van der Waals surface area contributed by atoms with Crippen molar-refractivity contribution in [3.8, 4) is 0 Å². The summed E-state index contributed by atoms with van der Waals surface area (Å²) in [6.45, 7) is 1.24. The second kappa shape index (κ2) is 5.88. The molecule has 1 heterocycles. The van der Waals surface area contributed by atoms with Gasteiger partial charge >= 0.3 is 0 Å². The highest BCUT2D eigenvalue weighted by Crippen LogP contribution is 2.33. The van der Waals surface area contributed by atoms with Crippen LogP contribution in [0.25, 0.3) is 0 Å². The highest BCUT2D eigenvalue weighted by molar-refractivity contribution is 7.88. The number of aryl methyl sites for hydroxylation is 1. The fraction of sp³-hybridized carbons (Fsp3) is 0.600. The monoisotopic (exact) mass is 328 g/mol. The zero-order chi connectivity index (χ0) is 15.0. The molecular formula is C15H21ClN2O2S. The van der Waals surface area contributed by atoms with Gasteiger partial charge in [-0.1, -0.05) is 17.7 Å². The molecule has 1 unspecified atom stereocenters. The first-order valence-corrected chi connectivity index (χ1v) is 9.65. The fourth-order valence-corrected chi connectivity index (χ4v) is 4.47. The first-order chi connectivity index (χ1) is 9.93. The van der Waals surface area contributed by atoms with Crippen LogP contribution < -0.4 is 5.32 Å². The van der Waals surface area contributed by atoms with Crippen molar-refractivity contribution in [2.75, 3.05) is 19.3 Å². The number of benzene rings is 1. The van der Waals surface area contributed by atoms with Gasteiger partial charge in [0.2, 0.25) is 10.0 Å². The normalized spacial score (nSPS) is 24.2. The Kier molecular flexibility index (Phi) is 4.28. The van der Waals surface area contributed by atoms with Gasteiger partial charge in [0, 0.05) is 30.2 Å². The van der Waals surface area contributed by atoms with Crippen LogP contribution in [-0.2, 0) is 16.4 Å². The summed E-state index contributed by atoms with van der Waals surface area (Å²) in [4.78, 5) is 0.